The summed E-state index contributed by atoms with van der Waals surface area (Å²) in [5, 5.41) is 8.40. The van der Waals surface area contributed by atoms with Crippen LogP contribution < -0.4 is 10.1 Å². The van der Waals surface area contributed by atoms with Gasteiger partial charge in [0.15, 0.2) is 0 Å². The molecule has 0 bridgehead atoms. The van der Waals surface area contributed by atoms with Crippen molar-refractivity contribution in [3.63, 3.8) is 0 Å². The summed E-state index contributed by atoms with van der Waals surface area (Å²) in [5.41, 5.74) is 1.81. The highest BCUT2D eigenvalue weighted by Crippen LogP contribution is 2.34. The Hall–Kier alpha value is -2.38. The summed E-state index contributed by atoms with van der Waals surface area (Å²) >= 11 is 1.43. The van der Waals surface area contributed by atoms with Gasteiger partial charge in [-0.2, -0.15) is 5.10 Å². The summed E-state index contributed by atoms with van der Waals surface area (Å²) < 4.78 is 12.0. The zero-order valence-corrected chi connectivity index (χ0v) is 14.6. The third kappa shape index (κ3) is 3.13. The topological polar surface area (TPSA) is 65.4 Å². The van der Waals surface area contributed by atoms with Gasteiger partial charge in [-0.15, -0.1) is 11.3 Å². The van der Waals surface area contributed by atoms with Crippen LogP contribution in [0.4, 0.5) is 0 Å². The third-order valence-corrected chi connectivity index (χ3v) is 4.87. The number of ether oxygens (including phenoxy) is 2. The van der Waals surface area contributed by atoms with Gasteiger partial charge in [-0.3, -0.25) is 9.48 Å². The van der Waals surface area contributed by atoms with Crippen LogP contribution in [-0.2, 0) is 11.8 Å². The summed E-state index contributed by atoms with van der Waals surface area (Å²) in [7, 11) is 5.13. The Morgan fingerprint density at radius 2 is 2.17 bits per heavy atom. The maximum absolute atomic E-state index is 12.2. The first-order valence-electron chi connectivity index (χ1n) is 7.52. The highest BCUT2D eigenvalue weighted by Gasteiger charge is 2.18. The number of nitrogens with zero attached hydrogens (tertiary/aromatic N) is 2. The number of fused-ring (bicyclic) bond motifs is 1. The van der Waals surface area contributed by atoms with Crippen LogP contribution >= 0.6 is 11.3 Å². The predicted molar refractivity (Wildman–Crippen MR) is 94.8 cm³/mol. The van der Waals surface area contributed by atoms with E-state index in [1.165, 1.54) is 11.3 Å². The Morgan fingerprint density at radius 1 is 1.33 bits per heavy atom. The van der Waals surface area contributed by atoms with Crippen molar-refractivity contribution in [3.05, 3.63) is 35.2 Å². The molecule has 0 fully saturated rings. The molecule has 3 rings (SSSR count). The van der Waals surface area contributed by atoms with E-state index in [1.807, 2.05) is 37.4 Å². The third-order valence-electron chi connectivity index (χ3n) is 3.67. The predicted octanol–water partition coefficient (Wildman–Crippen LogP) is 2.69. The van der Waals surface area contributed by atoms with Crippen LogP contribution in [0, 0.1) is 0 Å². The maximum Gasteiger partial charge on any atom is 0.261 e. The average Bonchev–Trinajstić information content (AvgIpc) is 3.16. The van der Waals surface area contributed by atoms with Crippen molar-refractivity contribution in [1.29, 1.82) is 0 Å². The molecule has 126 valence electrons. The zero-order valence-electron chi connectivity index (χ0n) is 13.8. The Morgan fingerprint density at radius 3 is 2.92 bits per heavy atom. The normalized spacial score (nSPS) is 11.0. The Bertz CT molecular complexity index is 869. The van der Waals surface area contributed by atoms with Crippen molar-refractivity contribution >= 4 is 27.5 Å². The van der Waals surface area contributed by atoms with Crippen molar-refractivity contribution in [2.24, 2.45) is 7.05 Å². The lowest BCUT2D eigenvalue weighted by Gasteiger charge is -2.03. The summed E-state index contributed by atoms with van der Waals surface area (Å²) in [6.07, 6.45) is 0. The lowest BCUT2D eigenvalue weighted by molar-refractivity contribution is 0.0941. The van der Waals surface area contributed by atoms with Gasteiger partial charge in [-0.05, 0) is 18.2 Å². The highest BCUT2D eigenvalue weighted by molar-refractivity contribution is 7.20. The Kier molecular flexibility index (Phi) is 4.82. The van der Waals surface area contributed by atoms with Gasteiger partial charge in [0.1, 0.15) is 16.3 Å². The monoisotopic (exact) mass is 345 g/mol. The number of amides is 1. The molecule has 2 aromatic heterocycles. The lowest BCUT2D eigenvalue weighted by atomic mass is 10.1. The molecule has 0 unspecified atom stereocenters. The van der Waals surface area contributed by atoms with Gasteiger partial charge in [0, 0.05) is 31.7 Å². The fourth-order valence-electron chi connectivity index (χ4n) is 2.49. The summed E-state index contributed by atoms with van der Waals surface area (Å²) in [5.74, 6) is 0.684. The van der Waals surface area contributed by atoms with E-state index in [0.29, 0.717) is 18.0 Å². The summed E-state index contributed by atoms with van der Waals surface area (Å²) in [4.78, 5) is 13.9. The second kappa shape index (κ2) is 7.02. The fourth-order valence-corrected chi connectivity index (χ4v) is 3.48. The molecule has 7 heteroatoms. The molecule has 0 spiro atoms. The Balaban J connectivity index is 1.96. The molecule has 2 heterocycles. The van der Waals surface area contributed by atoms with Gasteiger partial charge in [0.05, 0.1) is 18.6 Å². The second-order valence-electron chi connectivity index (χ2n) is 5.28. The number of hydrogen-bond donors (Lipinski definition) is 1. The van der Waals surface area contributed by atoms with E-state index in [4.69, 9.17) is 9.47 Å². The van der Waals surface area contributed by atoms with Gasteiger partial charge in [0.25, 0.3) is 5.91 Å². The van der Waals surface area contributed by atoms with Crippen molar-refractivity contribution < 1.29 is 14.3 Å². The van der Waals surface area contributed by atoms with E-state index in [1.54, 1.807) is 18.9 Å². The van der Waals surface area contributed by atoms with Crippen LogP contribution in [0.2, 0.25) is 0 Å². The van der Waals surface area contributed by atoms with E-state index in [0.717, 1.165) is 27.2 Å². The number of carbonyl (C=O) groups is 1. The number of rotatable bonds is 6. The fraction of sp³-hybridized carbons (Fsp3) is 0.294. The number of benzene rings is 1. The quantitative estimate of drug-likeness (QED) is 0.698. The molecule has 0 saturated heterocycles. The largest absolute Gasteiger partial charge is 0.497 e. The van der Waals surface area contributed by atoms with E-state index in [-0.39, 0.29) is 5.91 Å². The van der Waals surface area contributed by atoms with E-state index in [9.17, 15) is 4.79 Å². The standard InChI is InChI=1S/C17H19N3O3S/c1-20-17-13(10-14(24-17)16(21)18-7-8-22-2)15(19-20)11-5-4-6-12(9-11)23-3/h4-6,9-10H,7-8H2,1-3H3,(H,18,21). The van der Waals surface area contributed by atoms with Crippen LogP contribution in [0.5, 0.6) is 5.75 Å². The number of aryl methyl sites for hydroxylation is 1. The van der Waals surface area contributed by atoms with E-state index in [2.05, 4.69) is 10.4 Å². The van der Waals surface area contributed by atoms with E-state index >= 15 is 0 Å². The number of aromatic nitrogens is 2. The maximum atomic E-state index is 12.2. The Labute approximate surface area is 144 Å². The molecular weight excluding hydrogens is 326 g/mol. The summed E-state index contributed by atoms with van der Waals surface area (Å²) in [6, 6.07) is 9.65. The first-order chi connectivity index (χ1) is 11.6. The van der Waals surface area contributed by atoms with Crippen LogP contribution in [0.25, 0.3) is 21.5 Å². The van der Waals surface area contributed by atoms with Crippen molar-refractivity contribution in [2.45, 2.75) is 0 Å². The number of nitrogens with one attached hydrogen (secondary N) is 1. The molecule has 0 radical (unpaired) electrons. The molecule has 1 aromatic carbocycles. The van der Waals surface area contributed by atoms with Crippen molar-refractivity contribution in [3.8, 4) is 17.0 Å². The molecule has 0 aliphatic carbocycles. The molecule has 24 heavy (non-hydrogen) atoms. The van der Waals surface area contributed by atoms with Crippen molar-refractivity contribution in [1.82, 2.24) is 15.1 Å². The SMILES string of the molecule is COCCNC(=O)c1cc2c(-c3cccc(OC)c3)nn(C)c2s1. The first kappa shape index (κ1) is 16.5. The van der Waals surface area contributed by atoms with Gasteiger partial charge < -0.3 is 14.8 Å². The first-order valence-corrected chi connectivity index (χ1v) is 8.33. The van der Waals surface area contributed by atoms with Crippen molar-refractivity contribution in [2.75, 3.05) is 27.4 Å². The van der Waals surface area contributed by atoms with Crippen LogP contribution in [0.1, 0.15) is 9.67 Å². The minimum absolute atomic E-state index is 0.0927. The molecule has 1 amide bonds. The molecule has 0 aliphatic rings. The molecule has 1 N–H and O–H groups in total. The van der Waals surface area contributed by atoms with Gasteiger partial charge in [-0.25, -0.2) is 0 Å². The lowest BCUT2D eigenvalue weighted by Crippen LogP contribution is -2.26. The zero-order chi connectivity index (χ0) is 17.1. The molecule has 0 atom stereocenters. The summed E-state index contributed by atoms with van der Waals surface area (Å²) in [6.45, 7) is 0.984. The molecular formula is C17H19N3O3S. The number of carbonyl (C=O) groups excluding carboxylic acids is 1. The van der Waals surface area contributed by atoms with Crippen LogP contribution in [-0.4, -0.2) is 43.1 Å². The molecule has 0 aliphatic heterocycles. The van der Waals surface area contributed by atoms with Crippen LogP contribution in [0.15, 0.2) is 30.3 Å². The second-order valence-corrected chi connectivity index (χ2v) is 6.31. The van der Waals surface area contributed by atoms with Gasteiger partial charge in [-0.1, -0.05) is 12.1 Å². The molecule has 6 nitrogen and oxygen atoms in total. The number of thiophene rings is 1. The van der Waals surface area contributed by atoms with Crippen LogP contribution in [0.3, 0.4) is 0 Å². The smallest absolute Gasteiger partial charge is 0.261 e. The van der Waals surface area contributed by atoms with Gasteiger partial charge >= 0.3 is 0 Å². The highest BCUT2D eigenvalue weighted by atomic mass is 32.1. The minimum Gasteiger partial charge on any atom is -0.497 e. The minimum atomic E-state index is -0.0927. The number of methoxy groups -OCH3 is 2. The molecule has 3 aromatic rings. The van der Waals surface area contributed by atoms with E-state index < -0.39 is 0 Å². The average molecular weight is 345 g/mol. The molecule has 0 saturated carbocycles. The van der Waals surface area contributed by atoms with Gasteiger partial charge in [0.2, 0.25) is 0 Å². The number of hydrogen-bond acceptors (Lipinski definition) is 5.